The molecule has 0 spiro atoms. The predicted molar refractivity (Wildman–Crippen MR) is 48.3 cm³/mol. The van der Waals surface area contributed by atoms with Crippen LogP contribution in [0, 0.1) is 0 Å². The van der Waals surface area contributed by atoms with Crippen molar-refractivity contribution in [3.63, 3.8) is 0 Å². The molecule has 0 aliphatic carbocycles. The van der Waals surface area contributed by atoms with Crippen LogP contribution in [0.3, 0.4) is 0 Å². The van der Waals surface area contributed by atoms with Gasteiger partial charge in [0.1, 0.15) is 11.6 Å². The van der Waals surface area contributed by atoms with Crippen molar-refractivity contribution < 1.29 is 24.3 Å². The molecule has 2 aliphatic rings. The Morgan fingerprint density at radius 2 is 2.27 bits per heavy atom. The molecule has 1 N–H and O–H groups in total. The number of nitrogens with zero attached hydrogens (tertiary/aromatic N) is 1. The molecular weight excluding hydrogens is 202 g/mol. The maximum Gasteiger partial charge on any atom is 0.340 e. The van der Waals surface area contributed by atoms with E-state index >= 15 is 0 Å². The van der Waals surface area contributed by atoms with Crippen LogP contribution in [0.5, 0.6) is 0 Å². The van der Waals surface area contributed by atoms with E-state index in [1.807, 2.05) is 0 Å². The third-order valence-electron chi connectivity index (χ3n) is 3.08. The molecule has 6 heteroatoms. The van der Waals surface area contributed by atoms with Gasteiger partial charge in [-0.15, -0.1) is 0 Å². The lowest BCUT2D eigenvalue weighted by molar-refractivity contribution is -0.368. The lowest BCUT2D eigenvalue weighted by atomic mass is 9.85. The number of carbonyl (C=O) groups excluding carboxylic acids is 1. The summed E-state index contributed by atoms with van der Waals surface area (Å²) in [5, 5.41) is 11.0. The van der Waals surface area contributed by atoms with Gasteiger partial charge in [-0.1, -0.05) is 5.23 Å². The summed E-state index contributed by atoms with van der Waals surface area (Å²) in [5.74, 6) is -0.464. The van der Waals surface area contributed by atoms with Gasteiger partial charge in [-0.05, 0) is 13.8 Å². The highest BCUT2D eigenvalue weighted by atomic mass is 17.0. The molecule has 6 nitrogen and oxygen atoms in total. The summed E-state index contributed by atoms with van der Waals surface area (Å²) in [6.07, 6.45) is -0.322. The Balaban J connectivity index is 2.22. The van der Waals surface area contributed by atoms with E-state index in [-0.39, 0.29) is 6.61 Å². The van der Waals surface area contributed by atoms with Crippen LogP contribution >= 0.6 is 0 Å². The summed E-state index contributed by atoms with van der Waals surface area (Å²) in [6.45, 7) is 3.60. The van der Waals surface area contributed by atoms with Crippen molar-refractivity contribution in [3.05, 3.63) is 0 Å². The number of aliphatic hydroxyl groups is 1. The van der Waals surface area contributed by atoms with E-state index < -0.39 is 23.2 Å². The summed E-state index contributed by atoms with van der Waals surface area (Å²) in [5.41, 5.74) is -1.76. The number of methoxy groups -OCH3 is 1. The van der Waals surface area contributed by atoms with Crippen LogP contribution in [0.25, 0.3) is 0 Å². The van der Waals surface area contributed by atoms with Crippen molar-refractivity contribution in [1.29, 1.82) is 0 Å². The zero-order valence-electron chi connectivity index (χ0n) is 9.02. The van der Waals surface area contributed by atoms with Crippen molar-refractivity contribution in [2.45, 2.75) is 37.5 Å². The van der Waals surface area contributed by atoms with Crippen LogP contribution in [-0.4, -0.2) is 47.3 Å². The predicted octanol–water partition coefficient (Wildman–Crippen LogP) is -0.380. The molecule has 2 saturated heterocycles. The Kier molecular flexibility index (Phi) is 2.27. The van der Waals surface area contributed by atoms with Gasteiger partial charge in [-0.3, -0.25) is 9.68 Å². The molecule has 0 unspecified atom stereocenters. The first kappa shape index (κ1) is 10.8. The SMILES string of the molecule is COC(=O)[C@]1(C)C[C@]2(C)[C@@H](O)CON2O1. The molecule has 15 heavy (non-hydrogen) atoms. The van der Waals surface area contributed by atoms with Crippen molar-refractivity contribution >= 4 is 5.97 Å². The molecule has 0 amide bonds. The lowest BCUT2D eigenvalue weighted by Crippen LogP contribution is -2.43. The minimum absolute atomic E-state index is 0.188. The number of hydroxylamine groups is 2. The fourth-order valence-electron chi connectivity index (χ4n) is 2.12. The van der Waals surface area contributed by atoms with Gasteiger partial charge >= 0.3 is 5.97 Å². The average Bonchev–Trinajstić information content (AvgIpc) is 2.60. The Morgan fingerprint density at radius 3 is 2.80 bits per heavy atom. The molecule has 0 saturated carbocycles. The van der Waals surface area contributed by atoms with Crippen molar-refractivity contribution in [2.24, 2.45) is 0 Å². The van der Waals surface area contributed by atoms with Gasteiger partial charge in [0, 0.05) is 6.42 Å². The Labute approximate surface area is 87.6 Å². The van der Waals surface area contributed by atoms with Crippen LogP contribution < -0.4 is 0 Å². The fourth-order valence-corrected chi connectivity index (χ4v) is 2.12. The molecule has 2 fully saturated rings. The van der Waals surface area contributed by atoms with Gasteiger partial charge in [0.2, 0.25) is 0 Å². The average molecular weight is 217 g/mol. The molecule has 2 heterocycles. The van der Waals surface area contributed by atoms with Gasteiger partial charge in [0.25, 0.3) is 0 Å². The molecule has 2 rings (SSSR count). The quantitative estimate of drug-likeness (QED) is 0.604. The maximum absolute atomic E-state index is 11.5. The largest absolute Gasteiger partial charge is 0.467 e. The van der Waals surface area contributed by atoms with E-state index in [4.69, 9.17) is 9.68 Å². The van der Waals surface area contributed by atoms with E-state index in [2.05, 4.69) is 4.74 Å². The first-order valence-electron chi connectivity index (χ1n) is 4.81. The number of ether oxygens (including phenoxy) is 1. The van der Waals surface area contributed by atoms with Gasteiger partial charge < -0.3 is 9.84 Å². The fraction of sp³-hybridized carbons (Fsp3) is 0.889. The van der Waals surface area contributed by atoms with Crippen molar-refractivity contribution in [2.75, 3.05) is 13.7 Å². The Bertz CT molecular complexity index is 296. The second-order valence-electron chi connectivity index (χ2n) is 4.42. The monoisotopic (exact) mass is 217 g/mol. The first-order chi connectivity index (χ1) is 6.92. The smallest absolute Gasteiger partial charge is 0.340 e. The second kappa shape index (κ2) is 3.15. The molecule has 0 radical (unpaired) electrons. The standard InChI is InChI=1S/C9H15NO5/c1-8-5-9(2,7(12)13-3)15-10(8)14-4-6(8)11/h6,11H,4-5H2,1-3H3/t6-,8+,9-/m0/s1. The van der Waals surface area contributed by atoms with Crippen LogP contribution in [0.4, 0.5) is 0 Å². The minimum atomic E-state index is -1.08. The van der Waals surface area contributed by atoms with E-state index in [1.165, 1.54) is 12.3 Å². The van der Waals surface area contributed by atoms with Crippen molar-refractivity contribution in [3.8, 4) is 0 Å². The number of hydrogen-bond donors (Lipinski definition) is 1. The topological polar surface area (TPSA) is 68.2 Å². The molecule has 0 aromatic heterocycles. The Hall–Kier alpha value is -0.690. The van der Waals surface area contributed by atoms with Gasteiger partial charge in [0.15, 0.2) is 5.60 Å². The third kappa shape index (κ3) is 1.37. The van der Waals surface area contributed by atoms with Crippen molar-refractivity contribution in [1.82, 2.24) is 5.23 Å². The summed E-state index contributed by atoms with van der Waals surface area (Å²) in [4.78, 5) is 22.0. The zero-order valence-corrected chi connectivity index (χ0v) is 9.02. The van der Waals surface area contributed by atoms with Crippen LogP contribution in [0.15, 0.2) is 0 Å². The van der Waals surface area contributed by atoms with E-state index in [0.29, 0.717) is 6.42 Å². The van der Waals surface area contributed by atoms with Gasteiger partial charge in [0.05, 0.1) is 13.7 Å². The summed E-state index contributed by atoms with van der Waals surface area (Å²) >= 11 is 0. The number of esters is 1. The number of fused-ring (bicyclic) bond motifs is 1. The first-order valence-corrected chi connectivity index (χ1v) is 4.81. The van der Waals surface area contributed by atoms with Gasteiger partial charge in [-0.2, -0.15) is 0 Å². The molecule has 2 aliphatic heterocycles. The third-order valence-corrected chi connectivity index (χ3v) is 3.08. The highest BCUT2D eigenvalue weighted by Gasteiger charge is 2.62. The van der Waals surface area contributed by atoms with Crippen LogP contribution in [-0.2, 0) is 19.2 Å². The number of carbonyl (C=O) groups is 1. The lowest BCUT2D eigenvalue weighted by Gasteiger charge is -2.23. The Morgan fingerprint density at radius 1 is 1.60 bits per heavy atom. The molecule has 86 valence electrons. The molecule has 3 atom stereocenters. The summed E-state index contributed by atoms with van der Waals surface area (Å²) in [6, 6.07) is 0. The van der Waals surface area contributed by atoms with E-state index in [1.54, 1.807) is 13.8 Å². The van der Waals surface area contributed by atoms with Crippen LogP contribution in [0.1, 0.15) is 20.3 Å². The van der Waals surface area contributed by atoms with Crippen LogP contribution in [0.2, 0.25) is 0 Å². The van der Waals surface area contributed by atoms with Gasteiger partial charge in [-0.25, -0.2) is 4.79 Å². The minimum Gasteiger partial charge on any atom is -0.467 e. The highest BCUT2D eigenvalue weighted by molar-refractivity contribution is 5.79. The second-order valence-corrected chi connectivity index (χ2v) is 4.42. The molecule has 0 aromatic carbocycles. The molecule has 0 aromatic rings. The normalized spacial score (nSPS) is 45.5. The number of hydrogen-bond acceptors (Lipinski definition) is 6. The highest BCUT2D eigenvalue weighted by Crippen LogP contribution is 2.44. The summed E-state index contributed by atoms with van der Waals surface area (Å²) < 4.78 is 4.65. The zero-order chi connectivity index (χ0) is 11.3. The maximum atomic E-state index is 11.5. The molecule has 0 bridgehead atoms. The van der Waals surface area contributed by atoms with E-state index in [0.717, 1.165) is 0 Å². The number of aliphatic hydroxyl groups excluding tert-OH is 1. The summed E-state index contributed by atoms with van der Waals surface area (Å²) in [7, 11) is 1.31. The van der Waals surface area contributed by atoms with E-state index in [9.17, 15) is 9.90 Å². The molecular formula is C9H15NO5. The number of rotatable bonds is 1.